The van der Waals surface area contributed by atoms with Crippen LogP contribution in [0, 0.1) is 6.92 Å². The molecular weight excluding hydrogens is 456 g/mol. The third-order valence-corrected chi connectivity index (χ3v) is 6.52. The molecule has 4 rings (SSSR count). The first-order valence-electron chi connectivity index (χ1n) is 12.4. The number of carbonyl (C=O) groups is 2. The van der Waals surface area contributed by atoms with Gasteiger partial charge < -0.3 is 20.1 Å². The van der Waals surface area contributed by atoms with Crippen molar-refractivity contribution in [3.8, 4) is 0 Å². The molecule has 0 aliphatic carbocycles. The number of aromatic amines is 1. The fourth-order valence-electron chi connectivity index (χ4n) is 4.63. The molecule has 3 unspecified atom stereocenters. The summed E-state index contributed by atoms with van der Waals surface area (Å²) in [5.41, 5.74) is 7.07. The van der Waals surface area contributed by atoms with Crippen LogP contribution < -0.4 is 10.7 Å². The fraction of sp³-hybridized carbons (Fsp3) is 0.429. The number of aryl methyl sites for hydroxylation is 1. The van der Waals surface area contributed by atoms with Crippen LogP contribution in [0.4, 0.5) is 4.79 Å². The van der Waals surface area contributed by atoms with Gasteiger partial charge in [0, 0.05) is 17.1 Å². The maximum absolute atomic E-state index is 12.6. The van der Waals surface area contributed by atoms with Crippen LogP contribution in [0.3, 0.4) is 0 Å². The first kappa shape index (κ1) is 25.7. The van der Waals surface area contributed by atoms with Gasteiger partial charge in [-0.25, -0.2) is 15.2 Å². The summed E-state index contributed by atoms with van der Waals surface area (Å²) in [5, 5.41) is 15.6. The molecule has 8 heteroatoms. The van der Waals surface area contributed by atoms with Gasteiger partial charge in [0.05, 0.1) is 12.2 Å². The van der Waals surface area contributed by atoms with E-state index in [1.165, 1.54) is 5.56 Å². The molecule has 0 saturated carbocycles. The number of amides is 1. The van der Waals surface area contributed by atoms with E-state index in [0.29, 0.717) is 12.8 Å². The lowest BCUT2D eigenvalue weighted by Crippen LogP contribution is -2.50. The molecule has 36 heavy (non-hydrogen) atoms. The lowest BCUT2D eigenvalue weighted by molar-refractivity contribution is -0.137. The maximum atomic E-state index is 12.6. The quantitative estimate of drug-likeness (QED) is 0.255. The molecule has 1 amide bonds. The normalized spacial score (nSPS) is 21.1. The number of carboxylic acid groups (broad SMARTS) is 1. The Morgan fingerprint density at radius 2 is 1.83 bits per heavy atom. The van der Waals surface area contributed by atoms with Crippen LogP contribution in [-0.4, -0.2) is 51.0 Å². The molecule has 1 aromatic heterocycles. The van der Waals surface area contributed by atoms with Crippen molar-refractivity contribution in [3.05, 3.63) is 71.4 Å². The van der Waals surface area contributed by atoms with Gasteiger partial charge in [0.25, 0.3) is 0 Å². The highest BCUT2D eigenvalue weighted by Gasteiger charge is 2.54. The number of nitrogens with zero attached hydrogens (tertiary/aromatic N) is 1. The number of hydrazine groups is 1. The molecule has 0 radical (unpaired) electrons. The largest absolute Gasteiger partial charge is 0.480 e. The van der Waals surface area contributed by atoms with Crippen molar-refractivity contribution in [1.82, 2.24) is 20.7 Å². The van der Waals surface area contributed by atoms with E-state index in [-0.39, 0.29) is 12.0 Å². The number of aliphatic carboxylic acids is 1. The molecule has 2 heterocycles. The Balaban J connectivity index is 1.50. The number of hydrogen-bond donors (Lipinski definition) is 4. The summed E-state index contributed by atoms with van der Waals surface area (Å²) in [4.78, 5) is 27.9. The molecule has 192 valence electrons. The SMILES string of the molecule is Cc1ccc(C(C)CC(NC(=O)OC(C)(C)C)NN2[C@H](C(=O)O)[C@@H]2Cc2c[nH]c3ccccc23)cc1. The predicted octanol–water partition coefficient (Wildman–Crippen LogP) is 4.71. The average molecular weight is 493 g/mol. The van der Waals surface area contributed by atoms with E-state index >= 15 is 0 Å². The number of alkyl carbamates (subject to hydrolysis) is 1. The Labute approximate surface area is 212 Å². The summed E-state index contributed by atoms with van der Waals surface area (Å²) in [5.74, 6) is -0.775. The minimum absolute atomic E-state index is 0.119. The molecule has 4 N–H and O–H groups in total. The topological polar surface area (TPSA) is 106 Å². The number of nitrogens with one attached hydrogen (secondary N) is 3. The third kappa shape index (κ3) is 6.25. The van der Waals surface area contributed by atoms with Crippen LogP contribution in [0.1, 0.15) is 56.7 Å². The second-order valence-electron chi connectivity index (χ2n) is 10.7. The molecule has 1 aliphatic rings. The van der Waals surface area contributed by atoms with Gasteiger partial charge in [0.2, 0.25) is 0 Å². The van der Waals surface area contributed by atoms with Crippen molar-refractivity contribution in [2.75, 3.05) is 0 Å². The van der Waals surface area contributed by atoms with Gasteiger partial charge in [-0.3, -0.25) is 4.79 Å². The summed E-state index contributed by atoms with van der Waals surface area (Å²) in [7, 11) is 0. The second kappa shape index (κ2) is 10.3. The minimum atomic E-state index is -0.894. The lowest BCUT2D eigenvalue weighted by atomic mass is 9.95. The standard InChI is InChI=1S/C28H36N4O4/c1-17-10-12-19(13-11-17)18(2)14-24(30-27(35)36-28(3,4)5)31-32-23(25(32)26(33)34)15-20-16-29-22-9-7-6-8-21(20)22/h6-13,16,18,23-25,29,31H,14-15H2,1-5H3,(H,30,35)(H,33,34)/t18?,23-,24?,25-,32?/m0/s1. The second-order valence-corrected chi connectivity index (χ2v) is 10.7. The van der Waals surface area contributed by atoms with Gasteiger partial charge in [0.15, 0.2) is 0 Å². The molecule has 1 saturated heterocycles. The summed E-state index contributed by atoms with van der Waals surface area (Å²) < 4.78 is 5.48. The van der Waals surface area contributed by atoms with E-state index in [0.717, 1.165) is 22.0 Å². The Hall–Kier alpha value is -3.36. The van der Waals surface area contributed by atoms with Crippen LogP contribution >= 0.6 is 0 Å². The van der Waals surface area contributed by atoms with E-state index in [2.05, 4.69) is 46.9 Å². The van der Waals surface area contributed by atoms with Crippen LogP contribution in [-0.2, 0) is 16.0 Å². The zero-order valence-electron chi connectivity index (χ0n) is 21.5. The number of H-pyrrole nitrogens is 1. The molecule has 5 atom stereocenters. The number of aromatic nitrogens is 1. The van der Waals surface area contributed by atoms with Gasteiger partial charge in [-0.05, 0) is 63.6 Å². The van der Waals surface area contributed by atoms with Crippen molar-refractivity contribution < 1.29 is 19.4 Å². The number of ether oxygens (including phenoxy) is 1. The van der Waals surface area contributed by atoms with E-state index in [1.54, 1.807) is 5.01 Å². The van der Waals surface area contributed by atoms with Gasteiger partial charge in [-0.2, -0.15) is 0 Å². The minimum Gasteiger partial charge on any atom is -0.480 e. The highest BCUT2D eigenvalue weighted by molar-refractivity contribution is 5.84. The van der Waals surface area contributed by atoms with Crippen molar-refractivity contribution in [2.45, 2.75) is 77.2 Å². The summed E-state index contributed by atoms with van der Waals surface area (Å²) in [6.45, 7) is 9.57. The molecule has 8 nitrogen and oxygen atoms in total. The monoisotopic (exact) mass is 492 g/mol. The molecule has 2 aromatic carbocycles. The summed E-state index contributed by atoms with van der Waals surface area (Å²) in [6, 6.07) is 15.4. The summed E-state index contributed by atoms with van der Waals surface area (Å²) in [6.07, 6.45) is 2.02. The predicted molar refractivity (Wildman–Crippen MR) is 140 cm³/mol. The van der Waals surface area contributed by atoms with Crippen LogP contribution in [0.25, 0.3) is 10.9 Å². The number of para-hydroxylation sites is 1. The highest BCUT2D eigenvalue weighted by Crippen LogP contribution is 2.32. The molecule has 0 spiro atoms. The Kier molecular flexibility index (Phi) is 7.38. The van der Waals surface area contributed by atoms with E-state index in [9.17, 15) is 14.7 Å². The zero-order chi connectivity index (χ0) is 26.0. The number of fused-ring (bicyclic) bond motifs is 1. The van der Waals surface area contributed by atoms with Crippen molar-refractivity contribution in [1.29, 1.82) is 0 Å². The molecule has 3 aromatic rings. The Morgan fingerprint density at radius 1 is 1.14 bits per heavy atom. The smallest absolute Gasteiger partial charge is 0.408 e. The van der Waals surface area contributed by atoms with Gasteiger partial charge in [-0.15, -0.1) is 0 Å². The number of benzene rings is 2. The lowest BCUT2D eigenvalue weighted by Gasteiger charge is -2.27. The van der Waals surface area contributed by atoms with Crippen molar-refractivity contribution in [3.63, 3.8) is 0 Å². The molecular formula is C28H36N4O4. The van der Waals surface area contributed by atoms with E-state index in [1.807, 2.05) is 58.2 Å². The molecule has 1 aliphatic heterocycles. The first-order chi connectivity index (χ1) is 17.0. The Bertz CT molecular complexity index is 1210. The molecule has 0 bridgehead atoms. The zero-order valence-corrected chi connectivity index (χ0v) is 21.5. The van der Waals surface area contributed by atoms with E-state index < -0.39 is 29.9 Å². The fourth-order valence-corrected chi connectivity index (χ4v) is 4.63. The Morgan fingerprint density at radius 3 is 2.50 bits per heavy atom. The third-order valence-electron chi connectivity index (χ3n) is 6.52. The van der Waals surface area contributed by atoms with Crippen LogP contribution in [0.2, 0.25) is 0 Å². The number of carbonyl (C=O) groups excluding carboxylic acids is 1. The molecule has 1 fully saturated rings. The van der Waals surface area contributed by atoms with Gasteiger partial charge >= 0.3 is 12.1 Å². The van der Waals surface area contributed by atoms with Crippen molar-refractivity contribution in [2.24, 2.45) is 0 Å². The van der Waals surface area contributed by atoms with Gasteiger partial charge in [-0.1, -0.05) is 55.0 Å². The van der Waals surface area contributed by atoms with Gasteiger partial charge in [0.1, 0.15) is 11.6 Å². The van der Waals surface area contributed by atoms with Crippen LogP contribution in [0.15, 0.2) is 54.7 Å². The maximum Gasteiger partial charge on any atom is 0.408 e. The number of rotatable bonds is 9. The first-order valence-corrected chi connectivity index (χ1v) is 12.4. The average Bonchev–Trinajstić information content (AvgIpc) is 3.30. The van der Waals surface area contributed by atoms with Crippen LogP contribution in [0.5, 0.6) is 0 Å². The summed E-state index contributed by atoms with van der Waals surface area (Å²) >= 11 is 0. The number of hydrogen-bond acceptors (Lipinski definition) is 5. The highest BCUT2D eigenvalue weighted by atomic mass is 16.6. The number of carboxylic acids is 1. The van der Waals surface area contributed by atoms with Crippen molar-refractivity contribution >= 4 is 23.0 Å². The van der Waals surface area contributed by atoms with E-state index in [4.69, 9.17) is 4.74 Å².